The molecule has 0 bridgehead atoms. The lowest BCUT2D eigenvalue weighted by Gasteiger charge is -2.16. The minimum absolute atomic E-state index is 0.0374. The molecule has 1 atom stereocenters. The average Bonchev–Trinajstić information content (AvgIpc) is 3.11. The van der Waals surface area contributed by atoms with Crippen LogP contribution < -0.4 is 5.32 Å². The molecule has 0 spiro atoms. The molecule has 3 rings (SSSR count). The molecule has 1 N–H and O–H groups in total. The number of amides is 1. The second kappa shape index (κ2) is 7.95. The predicted octanol–water partition coefficient (Wildman–Crippen LogP) is 3.82. The molecule has 0 saturated carbocycles. The van der Waals surface area contributed by atoms with Crippen molar-refractivity contribution in [2.45, 2.75) is 39.8 Å². The number of carbonyl (C=O) groups excluding carboxylic acids is 1. The van der Waals surface area contributed by atoms with E-state index in [0.717, 1.165) is 17.5 Å². The van der Waals surface area contributed by atoms with E-state index >= 15 is 0 Å². The summed E-state index contributed by atoms with van der Waals surface area (Å²) in [6.45, 7) is 6.77. The molecule has 0 aliphatic carbocycles. The standard InChI is InChI=1S/C21H24N4O/c1-4-19(17-11-9-15(2)10-12-17)22-21(26)20-14-25(24-23-20)13-18-8-6-5-7-16(18)3/h5-12,14,19H,4,13H2,1-3H3,(H,22,26)/t19-/m0/s1. The Morgan fingerprint density at radius 2 is 1.85 bits per heavy atom. The van der Waals surface area contributed by atoms with Gasteiger partial charge in [0.25, 0.3) is 5.91 Å². The van der Waals surface area contributed by atoms with Crippen LogP contribution in [-0.4, -0.2) is 20.9 Å². The molecule has 5 heteroatoms. The summed E-state index contributed by atoms with van der Waals surface area (Å²) >= 11 is 0. The van der Waals surface area contributed by atoms with Gasteiger partial charge in [-0.05, 0) is 37.0 Å². The Labute approximate surface area is 154 Å². The van der Waals surface area contributed by atoms with Crippen molar-refractivity contribution in [3.8, 4) is 0 Å². The number of nitrogens with zero attached hydrogens (tertiary/aromatic N) is 3. The monoisotopic (exact) mass is 348 g/mol. The SMILES string of the molecule is CC[C@H](NC(=O)c1cn(Cc2ccccc2C)nn1)c1ccc(C)cc1. The van der Waals surface area contributed by atoms with E-state index in [-0.39, 0.29) is 11.9 Å². The van der Waals surface area contributed by atoms with Crippen molar-refractivity contribution < 1.29 is 4.79 Å². The Bertz CT molecular complexity index is 883. The fourth-order valence-electron chi connectivity index (χ4n) is 2.89. The third-order valence-electron chi connectivity index (χ3n) is 4.56. The van der Waals surface area contributed by atoms with Gasteiger partial charge in [-0.15, -0.1) is 5.10 Å². The highest BCUT2D eigenvalue weighted by atomic mass is 16.2. The number of rotatable bonds is 6. The van der Waals surface area contributed by atoms with Gasteiger partial charge in [0.15, 0.2) is 5.69 Å². The van der Waals surface area contributed by atoms with Gasteiger partial charge in [-0.2, -0.15) is 0 Å². The second-order valence-corrected chi connectivity index (χ2v) is 6.57. The molecule has 1 aromatic heterocycles. The molecule has 5 nitrogen and oxygen atoms in total. The van der Waals surface area contributed by atoms with Crippen molar-refractivity contribution in [2.75, 3.05) is 0 Å². The summed E-state index contributed by atoms with van der Waals surface area (Å²) in [6.07, 6.45) is 2.51. The molecule has 0 aliphatic heterocycles. The summed E-state index contributed by atoms with van der Waals surface area (Å²) in [7, 11) is 0. The van der Waals surface area contributed by atoms with Crippen molar-refractivity contribution in [2.24, 2.45) is 0 Å². The number of hydrogen-bond donors (Lipinski definition) is 1. The minimum atomic E-state index is -0.201. The zero-order chi connectivity index (χ0) is 18.5. The van der Waals surface area contributed by atoms with E-state index in [1.54, 1.807) is 10.9 Å². The normalized spacial score (nSPS) is 12.0. The highest BCUT2D eigenvalue weighted by Gasteiger charge is 2.17. The van der Waals surface area contributed by atoms with Crippen molar-refractivity contribution >= 4 is 5.91 Å². The number of hydrogen-bond acceptors (Lipinski definition) is 3. The summed E-state index contributed by atoms with van der Waals surface area (Å²) < 4.78 is 1.70. The van der Waals surface area contributed by atoms with Crippen molar-refractivity contribution in [3.63, 3.8) is 0 Å². The van der Waals surface area contributed by atoms with Crippen LogP contribution in [0.1, 0.15) is 52.1 Å². The van der Waals surface area contributed by atoms with Gasteiger partial charge < -0.3 is 5.32 Å². The van der Waals surface area contributed by atoms with Gasteiger partial charge >= 0.3 is 0 Å². The molecule has 134 valence electrons. The maximum absolute atomic E-state index is 12.6. The van der Waals surface area contributed by atoms with Gasteiger partial charge in [0.05, 0.1) is 18.8 Å². The first kappa shape index (κ1) is 17.9. The maximum atomic E-state index is 12.6. The first-order chi connectivity index (χ1) is 12.6. The summed E-state index contributed by atoms with van der Waals surface area (Å²) in [4.78, 5) is 12.6. The Morgan fingerprint density at radius 1 is 1.12 bits per heavy atom. The van der Waals surface area contributed by atoms with Gasteiger partial charge in [-0.1, -0.05) is 66.2 Å². The third kappa shape index (κ3) is 4.17. The van der Waals surface area contributed by atoms with E-state index in [1.165, 1.54) is 11.1 Å². The number of nitrogens with one attached hydrogen (secondary N) is 1. The summed E-state index contributed by atoms with van der Waals surface area (Å²) in [6, 6.07) is 16.3. The van der Waals surface area contributed by atoms with Crippen LogP contribution in [-0.2, 0) is 6.54 Å². The summed E-state index contributed by atoms with van der Waals surface area (Å²) in [5, 5.41) is 11.2. The zero-order valence-corrected chi connectivity index (χ0v) is 15.4. The lowest BCUT2D eigenvalue weighted by atomic mass is 10.0. The van der Waals surface area contributed by atoms with Gasteiger partial charge in [0, 0.05) is 0 Å². The molecule has 0 aliphatic rings. The van der Waals surface area contributed by atoms with E-state index in [0.29, 0.717) is 12.2 Å². The first-order valence-electron chi connectivity index (χ1n) is 8.89. The Morgan fingerprint density at radius 3 is 2.54 bits per heavy atom. The van der Waals surface area contributed by atoms with Crippen molar-refractivity contribution in [3.05, 3.63) is 82.7 Å². The van der Waals surface area contributed by atoms with E-state index in [2.05, 4.69) is 72.8 Å². The van der Waals surface area contributed by atoms with Crippen LogP contribution in [0, 0.1) is 13.8 Å². The minimum Gasteiger partial charge on any atom is -0.344 e. The van der Waals surface area contributed by atoms with Gasteiger partial charge in [0.1, 0.15) is 0 Å². The van der Waals surface area contributed by atoms with Crippen LogP contribution in [0.3, 0.4) is 0 Å². The Hall–Kier alpha value is -2.95. The van der Waals surface area contributed by atoms with Crippen molar-refractivity contribution in [1.82, 2.24) is 20.3 Å². The smallest absolute Gasteiger partial charge is 0.273 e. The number of benzene rings is 2. The molecule has 2 aromatic carbocycles. The van der Waals surface area contributed by atoms with Crippen LogP contribution in [0.5, 0.6) is 0 Å². The highest BCUT2D eigenvalue weighted by molar-refractivity contribution is 5.92. The number of aromatic nitrogens is 3. The van der Waals surface area contributed by atoms with Crippen LogP contribution in [0.15, 0.2) is 54.7 Å². The molecule has 1 amide bonds. The fourth-order valence-corrected chi connectivity index (χ4v) is 2.89. The largest absolute Gasteiger partial charge is 0.344 e. The molecule has 26 heavy (non-hydrogen) atoms. The van der Waals surface area contributed by atoms with E-state index in [9.17, 15) is 4.79 Å². The third-order valence-corrected chi connectivity index (χ3v) is 4.56. The van der Waals surface area contributed by atoms with Gasteiger partial charge in [-0.3, -0.25) is 4.79 Å². The second-order valence-electron chi connectivity index (χ2n) is 6.57. The van der Waals surface area contributed by atoms with Crippen LogP contribution in [0.4, 0.5) is 0 Å². The summed E-state index contributed by atoms with van der Waals surface area (Å²) in [5.74, 6) is -0.201. The van der Waals surface area contributed by atoms with Gasteiger partial charge in [0.2, 0.25) is 0 Å². The van der Waals surface area contributed by atoms with E-state index in [1.807, 2.05) is 12.1 Å². The molecular formula is C21H24N4O. The molecule has 0 radical (unpaired) electrons. The van der Waals surface area contributed by atoms with Crippen molar-refractivity contribution in [1.29, 1.82) is 0 Å². The zero-order valence-electron chi connectivity index (χ0n) is 15.4. The lowest BCUT2D eigenvalue weighted by molar-refractivity contribution is 0.0930. The van der Waals surface area contributed by atoms with E-state index < -0.39 is 0 Å². The quantitative estimate of drug-likeness (QED) is 0.736. The molecule has 3 aromatic rings. The lowest BCUT2D eigenvalue weighted by Crippen LogP contribution is -2.28. The predicted molar refractivity (Wildman–Crippen MR) is 102 cm³/mol. The number of aryl methyl sites for hydroxylation is 2. The highest BCUT2D eigenvalue weighted by Crippen LogP contribution is 2.17. The molecule has 1 heterocycles. The topological polar surface area (TPSA) is 59.8 Å². The first-order valence-corrected chi connectivity index (χ1v) is 8.89. The maximum Gasteiger partial charge on any atom is 0.273 e. The number of carbonyl (C=O) groups is 1. The molecule has 0 saturated heterocycles. The van der Waals surface area contributed by atoms with Gasteiger partial charge in [-0.25, -0.2) is 4.68 Å². The van der Waals surface area contributed by atoms with Crippen LogP contribution in [0.2, 0.25) is 0 Å². The molecule has 0 fully saturated rings. The molecular weight excluding hydrogens is 324 g/mol. The Balaban J connectivity index is 1.69. The fraction of sp³-hybridized carbons (Fsp3) is 0.286. The molecule has 0 unspecified atom stereocenters. The van der Waals surface area contributed by atoms with E-state index in [4.69, 9.17) is 0 Å². The Kier molecular flexibility index (Phi) is 5.46. The summed E-state index contributed by atoms with van der Waals surface area (Å²) in [5.41, 5.74) is 4.99. The average molecular weight is 348 g/mol. The van der Waals surface area contributed by atoms with Crippen LogP contribution in [0.25, 0.3) is 0 Å². The van der Waals surface area contributed by atoms with Crippen LogP contribution >= 0.6 is 0 Å².